The molecule has 1 atom stereocenters. The van der Waals surface area contributed by atoms with Gasteiger partial charge in [0.05, 0.1) is 19.1 Å². The molecule has 0 radical (unpaired) electrons. The van der Waals surface area contributed by atoms with Gasteiger partial charge in [0, 0.05) is 18.9 Å². The van der Waals surface area contributed by atoms with Crippen molar-refractivity contribution in [3.05, 3.63) is 41.4 Å². The largest absolute Gasteiger partial charge is 0.494 e. The molecule has 1 aromatic carbocycles. The van der Waals surface area contributed by atoms with Crippen LogP contribution in [-0.2, 0) is 6.42 Å². The highest BCUT2D eigenvalue weighted by Gasteiger charge is 2.26. The molecule has 1 N–H and O–H groups in total. The van der Waals surface area contributed by atoms with E-state index in [1.165, 1.54) is 12.1 Å². The van der Waals surface area contributed by atoms with E-state index in [-0.39, 0.29) is 36.7 Å². The molecule has 5 nitrogen and oxygen atoms in total. The Morgan fingerprint density at radius 1 is 1.29 bits per heavy atom. The Kier molecular flexibility index (Phi) is 5.76. The van der Waals surface area contributed by atoms with Crippen molar-refractivity contribution in [1.29, 1.82) is 0 Å². The third-order valence-electron chi connectivity index (χ3n) is 3.14. The highest BCUT2D eigenvalue weighted by molar-refractivity contribution is 5.31. The zero-order valence-electron chi connectivity index (χ0n) is 12.8. The number of aryl methyl sites for hydroxylation is 1. The van der Waals surface area contributed by atoms with Gasteiger partial charge < -0.3 is 14.3 Å². The van der Waals surface area contributed by atoms with Gasteiger partial charge in [0.25, 0.3) is 0 Å². The average Bonchev–Trinajstić information content (AvgIpc) is 2.89. The van der Waals surface area contributed by atoms with Gasteiger partial charge >= 0.3 is 6.18 Å². The lowest BCUT2D eigenvalue weighted by Crippen LogP contribution is -2.10. The maximum Gasteiger partial charge on any atom is 0.389 e. The van der Waals surface area contributed by atoms with Crippen molar-refractivity contribution in [1.82, 2.24) is 10.2 Å². The molecule has 0 amide bonds. The first-order valence-electron chi connectivity index (χ1n) is 7.20. The topological polar surface area (TPSA) is 68.4 Å². The van der Waals surface area contributed by atoms with Gasteiger partial charge in [-0.15, -0.1) is 10.2 Å². The molecule has 24 heavy (non-hydrogen) atoms. The summed E-state index contributed by atoms with van der Waals surface area (Å²) in [4.78, 5) is 0. The van der Waals surface area contributed by atoms with Crippen molar-refractivity contribution in [3.8, 4) is 5.75 Å². The van der Waals surface area contributed by atoms with E-state index < -0.39 is 24.5 Å². The minimum Gasteiger partial charge on any atom is -0.494 e. The summed E-state index contributed by atoms with van der Waals surface area (Å²) in [5, 5.41) is 17.4. The normalized spacial score (nSPS) is 13.1. The van der Waals surface area contributed by atoms with Crippen LogP contribution in [0.5, 0.6) is 5.75 Å². The zero-order chi connectivity index (χ0) is 17.7. The van der Waals surface area contributed by atoms with Gasteiger partial charge in [-0.05, 0) is 24.6 Å². The molecule has 0 unspecified atom stereocenters. The van der Waals surface area contributed by atoms with E-state index in [9.17, 15) is 22.7 Å². The summed E-state index contributed by atoms with van der Waals surface area (Å²) in [6.45, 7) is 1.42. The summed E-state index contributed by atoms with van der Waals surface area (Å²) < 4.78 is 60.3. The highest BCUT2D eigenvalue weighted by atomic mass is 19.4. The monoisotopic (exact) mass is 348 g/mol. The minimum absolute atomic E-state index is 0.0563. The van der Waals surface area contributed by atoms with Crippen LogP contribution < -0.4 is 4.74 Å². The van der Waals surface area contributed by atoms with Crippen LogP contribution in [0.4, 0.5) is 17.6 Å². The van der Waals surface area contributed by atoms with Crippen LogP contribution >= 0.6 is 0 Å². The molecular weight excluding hydrogens is 332 g/mol. The van der Waals surface area contributed by atoms with Gasteiger partial charge in [-0.2, -0.15) is 13.2 Å². The van der Waals surface area contributed by atoms with Crippen molar-refractivity contribution in [2.75, 3.05) is 6.61 Å². The van der Waals surface area contributed by atoms with Crippen molar-refractivity contribution >= 4 is 0 Å². The fourth-order valence-corrected chi connectivity index (χ4v) is 2.02. The Labute approximate surface area is 135 Å². The first-order chi connectivity index (χ1) is 11.2. The molecule has 0 aliphatic rings. The summed E-state index contributed by atoms with van der Waals surface area (Å²) in [6, 6.07) is 3.61. The number of halogens is 4. The lowest BCUT2D eigenvalue weighted by molar-refractivity contribution is -0.136. The molecule has 0 bridgehead atoms. The second-order valence-corrected chi connectivity index (χ2v) is 5.19. The molecule has 1 aromatic heterocycles. The van der Waals surface area contributed by atoms with Gasteiger partial charge in [0.2, 0.25) is 11.8 Å². The van der Waals surface area contributed by atoms with Crippen molar-refractivity contribution in [3.63, 3.8) is 0 Å². The molecule has 9 heteroatoms. The van der Waals surface area contributed by atoms with E-state index in [2.05, 4.69) is 10.2 Å². The number of nitrogens with zero attached hydrogens (tertiary/aromatic N) is 2. The molecule has 0 saturated carbocycles. The quantitative estimate of drug-likeness (QED) is 0.613. The predicted octanol–water partition coefficient (Wildman–Crippen LogP) is 3.51. The standard InChI is InChI=1S/C15H16F4N2O3/c1-9-20-21-14(24-9)8-13(22)11-7-10(3-4-12(11)16)23-6-2-5-15(17,18)19/h3-4,7,13,22H,2,5-6,8H2,1H3/t13-/m0/s1. The molecule has 2 aromatic rings. The SMILES string of the molecule is Cc1nnc(C[C@H](O)c2cc(OCCCC(F)(F)F)ccc2F)o1. The van der Waals surface area contributed by atoms with Crippen LogP contribution in [-0.4, -0.2) is 28.1 Å². The summed E-state index contributed by atoms with van der Waals surface area (Å²) in [5.41, 5.74) is -0.0563. The second kappa shape index (κ2) is 7.61. The summed E-state index contributed by atoms with van der Waals surface area (Å²) in [6.07, 6.45) is -6.74. The number of aromatic nitrogens is 2. The summed E-state index contributed by atoms with van der Waals surface area (Å²) >= 11 is 0. The van der Waals surface area contributed by atoms with Crippen LogP contribution in [0, 0.1) is 12.7 Å². The van der Waals surface area contributed by atoms with Gasteiger partial charge in [0.1, 0.15) is 11.6 Å². The molecular formula is C15H16F4N2O3. The molecule has 0 aliphatic heterocycles. The molecule has 0 aliphatic carbocycles. The van der Waals surface area contributed by atoms with Gasteiger partial charge in [-0.3, -0.25) is 0 Å². The number of hydrogen-bond donors (Lipinski definition) is 1. The first kappa shape index (κ1) is 18.2. The maximum atomic E-state index is 13.8. The van der Waals surface area contributed by atoms with Gasteiger partial charge in [-0.1, -0.05) is 0 Å². The second-order valence-electron chi connectivity index (χ2n) is 5.19. The summed E-state index contributed by atoms with van der Waals surface area (Å²) in [7, 11) is 0. The number of benzene rings is 1. The predicted molar refractivity (Wildman–Crippen MR) is 74.9 cm³/mol. The van der Waals surface area contributed by atoms with E-state index in [0.717, 1.165) is 6.07 Å². The number of ether oxygens (including phenoxy) is 1. The van der Waals surface area contributed by atoms with Crippen LogP contribution in [0.1, 0.15) is 36.3 Å². The molecule has 2 rings (SSSR count). The number of aliphatic hydroxyl groups excluding tert-OH is 1. The fourth-order valence-electron chi connectivity index (χ4n) is 2.02. The van der Waals surface area contributed by atoms with E-state index in [4.69, 9.17) is 9.15 Å². The van der Waals surface area contributed by atoms with E-state index in [1.54, 1.807) is 6.92 Å². The minimum atomic E-state index is -4.24. The molecule has 0 fully saturated rings. The lowest BCUT2D eigenvalue weighted by Gasteiger charge is -2.13. The average molecular weight is 348 g/mol. The molecule has 0 saturated heterocycles. The third kappa shape index (κ3) is 5.48. The number of aliphatic hydroxyl groups is 1. The van der Waals surface area contributed by atoms with Gasteiger partial charge in [0.15, 0.2) is 0 Å². The van der Waals surface area contributed by atoms with E-state index in [0.29, 0.717) is 5.89 Å². The zero-order valence-corrected chi connectivity index (χ0v) is 12.8. The number of alkyl halides is 3. The van der Waals surface area contributed by atoms with Crippen LogP contribution in [0.15, 0.2) is 22.6 Å². The van der Waals surface area contributed by atoms with Crippen molar-refractivity contribution < 1.29 is 31.8 Å². The number of rotatable bonds is 7. The van der Waals surface area contributed by atoms with Crippen molar-refractivity contribution in [2.24, 2.45) is 0 Å². The Bertz CT molecular complexity index is 673. The molecule has 0 spiro atoms. The van der Waals surface area contributed by atoms with Gasteiger partial charge in [-0.25, -0.2) is 4.39 Å². The Hall–Kier alpha value is -2.16. The van der Waals surface area contributed by atoms with E-state index >= 15 is 0 Å². The highest BCUT2D eigenvalue weighted by Crippen LogP contribution is 2.26. The van der Waals surface area contributed by atoms with Crippen LogP contribution in [0.25, 0.3) is 0 Å². The fraction of sp³-hybridized carbons (Fsp3) is 0.467. The smallest absolute Gasteiger partial charge is 0.389 e. The third-order valence-corrected chi connectivity index (χ3v) is 3.14. The van der Waals surface area contributed by atoms with Crippen molar-refractivity contribution in [2.45, 2.75) is 38.5 Å². The maximum absolute atomic E-state index is 13.8. The first-order valence-corrected chi connectivity index (χ1v) is 7.20. The Morgan fingerprint density at radius 2 is 2.04 bits per heavy atom. The molecule has 132 valence electrons. The molecule has 1 heterocycles. The number of hydrogen-bond acceptors (Lipinski definition) is 5. The lowest BCUT2D eigenvalue weighted by atomic mass is 10.1. The summed E-state index contributed by atoms with van der Waals surface area (Å²) in [5.74, 6) is -0.0222. The van der Waals surface area contributed by atoms with E-state index in [1.807, 2.05) is 0 Å². The van der Waals surface area contributed by atoms with Crippen LogP contribution in [0.2, 0.25) is 0 Å². The Morgan fingerprint density at radius 3 is 2.67 bits per heavy atom. The Balaban J connectivity index is 1.97. The van der Waals surface area contributed by atoms with Crippen LogP contribution in [0.3, 0.4) is 0 Å².